The van der Waals surface area contributed by atoms with Crippen LogP contribution in [0.4, 0.5) is 0 Å². The van der Waals surface area contributed by atoms with Gasteiger partial charge in [-0.15, -0.1) is 0 Å². The highest BCUT2D eigenvalue weighted by molar-refractivity contribution is 8.07. The fourth-order valence-corrected chi connectivity index (χ4v) is 2.37. The lowest BCUT2D eigenvalue weighted by atomic mass is 9.80. The smallest absolute Gasteiger partial charge is 0.123 e. The summed E-state index contributed by atoms with van der Waals surface area (Å²) < 4.78 is 4.67. The molecule has 1 aromatic carbocycles. The SMILES string of the molecule is CC(C)(C)c1cccc(C(C)(C)C)c1O.CSOSC. The number of rotatable bonds is 2. The topological polar surface area (TPSA) is 29.5 Å². The van der Waals surface area contributed by atoms with Gasteiger partial charge in [-0.05, 0) is 22.0 Å². The number of hydrogen-bond donors (Lipinski definition) is 1. The molecule has 0 aliphatic carbocycles. The average molecular weight is 317 g/mol. The summed E-state index contributed by atoms with van der Waals surface area (Å²) in [5.41, 5.74) is 2.03. The number of para-hydroxylation sites is 1. The van der Waals surface area contributed by atoms with Crippen LogP contribution >= 0.6 is 24.1 Å². The zero-order valence-electron chi connectivity index (χ0n) is 13.9. The van der Waals surface area contributed by atoms with Crippen LogP contribution in [-0.4, -0.2) is 17.6 Å². The summed E-state index contributed by atoms with van der Waals surface area (Å²) in [6, 6.07) is 6.04. The molecule has 0 aromatic heterocycles. The molecular weight excluding hydrogens is 288 g/mol. The molecule has 2 nitrogen and oxygen atoms in total. The van der Waals surface area contributed by atoms with Crippen molar-refractivity contribution in [2.45, 2.75) is 52.4 Å². The van der Waals surface area contributed by atoms with E-state index in [1.807, 2.05) is 30.7 Å². The summed E-state index contributed by atoms with van der Waals surface area (Å²) >= 11 is 2.73. The second-order valence-electron chi connectivity index (χ2n) is 6.60. The van der Waals surface area contributed by atoms with E-state index in [-0.39, 0.29) is 10.8 Å². The van der Waals surface area contributed by atoms with Gasteiger partial charge in [0.15, 0.2) is 0 Å². The van der Waals surface area contributed by atoms with E-state index >= 15 is 0 Å². The van der Waals surface area contributed by atoms with Crippen molar-refractivity contribution in [3.8, 4) is 5.75 Å². The summed E-state index contributed by atoms with van der Waals surface area (Å²) in [7, 11) is 0. The summed E-state index contributed by atoms with van der Waals surface area (Å²) in [4.78, 5) is 0. The first-order valence-corrected chi connectivity index (χ1v) is 8.92. The van der Waals surface area contributed by atoms with Crippen LogP contribution in [-0.2, 0) is 14.5 Å². The minimum absolute atomic E-state index is 0.00859. The molecule has 0 bridgehead atoms. The van der Waals surface area contributed by atoms with Gasteiger partial charge < -0.3 is 5.11 Å². The molecule has 116 valence electrons. The van der Waals surface area contributed by atoms with Crippen LogP contribution in [0.2, 0.25) is 0 Å². The molecule has 1 rings (SSSR count). The van der Waals surface area contributed by atoms with Crippen LogP contribution in [0.3, 0.4) is 0 Å². The molecule has 0 saturated carbocycles. The van der Waals surface area contributed by atoms with Crippen LogP contribution in [0.5, 0.6) is 5.75 Å². The van der Waals surface area contributed by atoms with Gasteiger partial charge in [0.1, 0.15) is 5.75 Å². The lowest BCUT2D eigenvalue weighted by Crippen LogP contribution is -2.16. The third-order valence-corrected chi connectivity index (χ3v) is 3.88. The molecule has 0 radical (unpaired) electrons. The Balaban J connectivity index is 0.000000621. The van der Waals surface area contributed by atoms with Gasteiger partial charge in [0, 0.05) is 36.6 Å². The van der Waals surface area contributed by atoms with Crippen molar-refractivity contribution >= 4 is 24.1 Å². The number of benzene rings is 1. The first-order valence-electron chi connectivity index (χ1n) is 6.62. The van der Waals surface area contributed by atoms with E-state index in [1.54, 1.807) is 0 Å². The lowest BCUT2D eigenvalue weighted by molar-refractivity contribution is 0.423. The Morgan fingerprint density at radius 2 is 1.20 bits per heavy atom. The Labute approximate surface area is 133 Å². The molecule has 0 fully saturated rings. The fourth-order valence-electron chi connectivity index (χ4n) is 1.82. The normalized spacial score (nSPS) is 11.8. The molecule has 0 aliphatic heterocycles. The highest BCUT2D eigenvalue weighted by Crippen LogP contribution is 2.38. The standard InChI is InChI=1S/C14H22O.C2H6OS2/c1-13(2,3)10-8-7-9-11(12(10)15)14(4,5)6;1-4-3-5-2/h7-9,15H,1-6H3;1-2H3. The molecule has 0 aliphatic rings. The zero-order valence-corrected chi connectivity index (χ0v) is 15.5. The first kappa shape index (κ1) is 19.7. The van der Waals surface area contributed by atoms with Crippen molar-refractivity contribution in [3.63, 3.8) is 0 Å². The van der Waals surface area contributed by atoms with E-state index in [4.69, 9.17) is 0 Å². The van der Waals surface area contributed by atoms with Gasteiger partial charge >= 0.3 is 0 Å². The number of phenolic OH excluding ortho intramolecular Hbond substituents is 1. The third-order valence-electron chi connectivity index (χ3n) is 2.79. The van der Waals surface area contributed by atoms with Gasteiger partial charge in [-0.1, -0.05) is 59.7 Å². The van der Waals surface area contributed by atoms with E-state index < -0.39 is 0 Å². The maximum absolute atomic E-state index is 10.3. The molecule has 1 N–H and O–H groups in total. The Bertz CT molecular complexity index is 370. The largest absolute Gasteiger partial charge is 0.507 e. The van der Waals surface area contributed by atoms with Crippen LogP contribution in [0.25, 0.3) is 0 Å². The highest BCUT2D eigenvalue weighted by atomic mass is 32.2. The summed E-state index contributed by atoms with van der Waals surface area (Å²) in [5, 5.41) is 10.3. The minimum Gasteiger partial charge on any atom is -0.507 e. The molecule has 4 heteroatoms. The van der Waals surface area contributed by atoms with Gasteiger partial charge in [0.25, 0.3) is 0 Å². The zero-order chi connectivity index (χ0) is 16.0. The van der Waals surface area contributed by atoms with Gasteiger partial charge in [-0.2, -0.15) is 0 Å². The molecular formula is C16H28O2S2. The molecule has 0 unspecified atom stereocenters. The van der Waals surface area contributed by atoms with Gasteiger partial charge in [-0.3, -0.25) is 0 Å². The molecule has 0 heterocycles. The highest BCUT2D eigenvalue weighted by Gasteiger charge is 2.24. The van der Waals surface area contributed by atoms with Crippen molar-refractivity contribution < 1.29 is 8.74 Å². The van der Waals surface area contributed by atoms with Crippen LogP contribution < -0.4 is 0 Å². The molecule has 0 spiro atoms. The fraction of sp³-hybridized carbons (Fsp3) is 0.625. The van der Waals surface area contributed by atoms with Gasteiger partial charge in [-0.25, -0.2) is 3.63 Å². The summed E-state index contributed by atoms with van der Waals surface area (Å²) in [6.07, 6.45) is 3.77. The Hall–Kier alpha value is -0.320. The number of aromatic hydroxyl groups is 1. The molecule has 1 aromatic rings. The number of hydrogen-bond acceptors (Lipinski definition) is 4. The van der Waals surface area contributed by atoms with E-state index in [0.29, 0.717) is 5.75 Å². The van der Waals surface area contributed by atoms with Crippen molar-refractivity contribution in [3.05, 3.63) is 29.3 Å². The van der Waals surface area contributed by atoms with Gasteiger partial charge in [0.2, 0.25) is 0 Å². The minimum atomic E-state index is -0.00859. The first-order chi connectivity index (χ1) is 9.05. The maximum Gasteiger partial charge on any atom is 0.123 e. The van der Waals surface area contributed by atoms with Gasteiger partial charge in [0.05, 0.1) is 0 Å². The van der Waals surface area contributed by atoms with E-state index in [2.05, 4.69) is 45.2 Å². The van der Waals surface area contributed by atoms with E-state index in [0.717, 1.165) is 11.1 Å². The molecule has 0 amide bonds. The quantitative estimate of drug-likeness (QED) is 0.725. The van der Waals surface area contributed by atoms with Crippen molar-refractivity contribution in [2.75, 3.05) is 12.5 Å². The predicted octanol–water partition coefficient (Wildman–Crippen LogP) is 5.55. The molecule has 0 atom stereocenters. The average Bonchev–Trinajstić information content (AvgIpc) is 2.28. The monoisotopic (exact) mass is 316 g/mol. The maximum atomic E-state index is 10.3. The second-order valence-corrected chi connectivity index (χ2v) is 7.81. The molecule has 20 heavy (non-hydrogen) atoms. The Kier molecular flexibility index (Phi) is 8.07. The third kappa shape index (κ3) is 6.42. The summed E-state index contributed by atoms with van der Waals surface area (Å²) in [6.45, 7) is 12.7. The number of phenols is 1. The van der Waals surface area contributed by atoms with Crippen LogP contribution in [0, 0.1) is 0 Å². The van der Waals surface area contributed by atoms with Crippen molar-refractivity contribution in [1.82, 2.24) is 0 Å². The van der Waals surface area contributed by atoms with Crippen molar-refractivity contribution in [2.24, 2.45) is 0 Å². The Morgan fingerprint density at radius 3 is 1.40 bits per heavy atom. The van der Waals surface area contributed by atoms with Crippen LogP contribution in [0.15, 0.2) is 18.2 Å². The van der Waals surface area contributed by atoms with E-state index in [9.17, 15) is 5.11 Å². The summed E-state index contributed by atoms with van der Waals surface area (Å²) in [5.74, 6) is 0.456. The molecule has 0 saturated heterocycles. The van der Waals surface area contributed by atoms with E-state index in [1.165, 1.54) is 24.1 Å². The lowest BCUT2D eigenvalue weighted by Gasteiger charge is -2.26. The Morgan fingerprint density at radius 1 is 0.850 bits per heavy atom. The van der Waals surface area contributed by atoms with Crippen LogP contribution in [0.1, 0.15) is 52.7 Å². The predicted molar refractivity (Wildman–Crippen MR) is 93.6 cm³/mol. The van der Waals surface area contributed by atoms with Crippen molar-refractivity contribution in [1.29, 1.82) is 0 Å². The second kappa shape index (κ2) is 8.20.